The van der Waals surface area contributed by atoms with Gasteiger partial charge in [-0.25, -0.2) is 0 Å². The van der Waals surface area contributed by atoms with Crippen LogP contribution in [0.1, 0.15) is 35.6 Å². The molecule has 0 aliphatic carbocycles. The zero-order valence-electron chi connectivity index (χ0n) is 15.5. The highest BCUT2D eigenvalue weighted by molar-refractivity contribution is 5.94. The molecule has 1 atom stereocenters. The van der Waals surface area contributed by atoms with Crippen molar-refractivity contribution in [3.05, 3.63) is 66.5 Å². The van der Waals surface area contributed by atoms with Crippen molar-refractivity contribution in [3.63, 3.8) is 0 Å². The van der Waals surface area contributed by atoms with E-state index in [2.05, 4.69) is 20.5 Å². The summed E-state index contributed by atoms with van der Waals surface area (Å²) >= 11 is 0. The summed E-state index contributed by atoms with van der Waals surface area (Å²) in [4.78, 5) is 16.6. The topological polar surface area (TPSA) is 81.9 Å². The number of benzene rings is 1. The van der Waals surface area contributed by atoms with E-state index in [-0.39, 0.29) is 11.9 Å². The smallest absolute Gasteiger partial charge is 0.251 e. The summed E-state index contributed by atoms with van der Waals surface area (Å²) in [5.74, 6) is 0.586. The van der Waals surface area contributed by atoms with Gasteiger partial charge in [0.15, 0.2) is 5.82 Å². The predicted molar refractivity (Wildman–Crippen MR) is 102 cm³/mol. The van der Waals surface area contributed by atoms with Gasteiger partial charge in [0.05, 0.1) is 6.04 Å². The van der Waals surface area contributed by atoms with Crippen LogP contribution in [-0.4, -0.2) is 39.4 Å². The van der Waals surface area contributed by atoms with E-state index in [1.165, 1.54) is 0 Å². The van der Waals surface area contributed by atoms with Crippen LogP contribution in [0.25, 0.3) is 11.1 Å². The van der Waals surface area contributed by atoms with Gasteiger partial charge in [0, 0.05) is 38.2 Å². The van der Waals surface area contributed by atoms with E-state index in [4.69, 9.17) is 4.74 Å². The van der Waals surface area contributed by atoms with Crippen LogP contribution in [-0.2, 0) is 11.3 Å². The quantitative estimate of drug-likeness (QED) is 0.621. The second-order valence-corrected chi connectivity index (χ2v) is 6.24. The Labute approximate surface area is 158 Å². The van der Waals surface area contributed by atoms with Crippen LogP contribution in [0.2, 0.25) is 0 Å². The minimum absolute atomic E-state index is 0.143. The number of methoxy groups -OCH3 is 1. The average molecular weight is 365 g/mol. The third-order valence-corrected chi connectivity index (χ3v) is 4.29. The number of hydrogen-bond donors (Lipinski definition) is 1. The molecule has 1 aromatic carbocycles. The minimum atomic E-state index is -0.248. The molecular weight excluding hydrogens is 342 g/mol. The third-order valence-electron chi connectivity index (χ3n) is 4.29. The summed E-state index contributed by atoms with van der Waals surface area (Å²) in [7, 11) is 1.68. The lowest BCUT2D eigenvalue weighted by Crippen LogP contribution is -2.28. The molecule has 140 valence electrons. The van der Waals surface area contributed by atoms with Crippen LogP contribution in [0, 0.1) is 0 Å². The molecule has 0 aliphatic rings. The SMILES string of the molecule is COCCCn1cnnc1C(C)NC(=O)c1ccc(-c2ccncc2)cc1. The summed E-state index contributed by atoms with van der Waals surface area (Å²) in [5.41, 5.74) is 2.71. The first-order valence-electron chi connectivity index (χ1n) is 8.87. The van der Waals surface area contributed by atoms with Crippen molar-refractivity contribution in [1.82, 2.24) is 25.1 Å². The van der Waals surface area contributed by atoms with E-state index in [1.54, 1.807) is 25.8 Å². The predicted octanol–water partition coefficient (Wildman–Crippen LogP) is 2.87. The number of aryl methyl sites for hydroxylation is 1. The van der Waals surface area contributed by atoms with Crippen LogP contribution in [0.5, 0.6) is 0 Å². The largest absolute Gasteiger partial charge is 0.385 e. The minimum Gasteiger partial charge on any atom is -0.385 e. The first kappa shape index (κ1) is 18.7. The van der Waals surface area contributed by atoms with E-state index in [1.807, 2.05) is 47.9 Å². The highest BCUT2D eigenvalue weighted by atomic mass is 16.5. The molecule has 2 aromatic heterocycles. The van der Waals surface area contributed by atoms with Gasteiger partial charge in [-0.1, -0.05) is 12.1 Å². The summed E-state index contributed by atoms with van der Waals surface area (Å²) < 4.78 is 7.02. The molecule has 27 heavy (non-hydrogen) atoms. The molecule has 3 rings (SSSR count). The highest BCUT2D eigenvalue weighted by Gasteiger charge is 2.16. The van der Waals surface area contributed by atoms with Crippen molar-refractivity contribution in [1.29, 1.82) is 0 Å². The number of ether oxygens (including phenoxy) is 1. The second kappa shape index (κ2) is 9.05. The molecule has 1 amide bonds. The maximum atomic E-state index is 12.6. The Bertz CT molecular complexity index is 862. The van der Waals surface area contributed by atoms with Gasteiger partial charge in [-0.15, -0.1) is 10.2 Å². The summed E-state index contributed by atoms with van der Waals surface area (Å²) in [6.07, 6.45) is 6.04. The summed E-state index contributed by atoms with van der Waals surface area (Å²) in [6.45, 7) is 3.32. The number of amides is 1. The van der Waals surface area contributed by atoms with Crippen LogP contribution < -0.4 is 5.32 Å². The fourth-order valence-corrected chi connectivity index (χ4v) is 2.85. The molecular formula is C20H23N5O2. The number of carbonyl (C=O) groups excluding carboxylic acids is 1. The van der Waals surface area contributed by atoms with Crippen LogP contribution in [0.4, 0.5) is 0 Å². The molecule has 0 radical (unpaired) electrons. The molecule has 3 aromatic rings. The van der Waals surface area contributed by atoms with Crippen LogP contribution in [0.15, 0.2) is 55.1 Å². The first-order chi connectivity index (χ1) is 13.2. The lowest BCUT2D eigenvalue weighted by Gasteiger charge is -2.15. The average Bonchev–Trinajstić information content (AvgIpc) is 3.18. The Morgan fingerprint density at radius 3 is 2.56 bits per heavy atom. The van der Waals surface area contributed by atoms with Crippen molar-refractivity contribution in [2.24, 2.45) is 0 Å². The van der Waals surface area contributed by atoms with Gasteiger partial charge in [-0.05, 0) is 48.7 Å². The van der Waals surface area contributed by atoms with Crippen LogP contribution >= 0.6 is 0 Å². The molecule has 0 aliphatic heterocycles. The number of pyridine rings is 1. The Morgan fingerprint density at radius 1 is 1.15 bits per heavy atom. The van der Waals surface area contributed by atoms with E-state index in [0.717, 1.165) is 29.9 Å². The first-order valence-corrected chi connectivity index (χ1v) is 8.87. The fourth-order valence-electron chi connectivity index (χ4n) is 2.85. The second-order valence-electron chi connectivity index (χ2n) is 6.24. The fraction of sp³-hybridized carbons (Fsp3) is 0.300. The Morgan fingerprint density at radius 2 is 1.85 bits per heavy atom. The summed E-state index contributed by atoms with van der Waals surface area (Å²) in [6, 6.07) is 11.1. The van der Waals surface area contributed by atoms with Crippen molar-refractivity contribution in [2.45, 2.75) is 25.9 Å². The van der Waals surface area contributed by atoms with Gasteiger partial charge in [0.1, 0.15) is 6.33 Å². The third kappa shape index (κ3) is 4.77. The lowest BCUT2D eigenvalue weighted by atomic mass is 10.0. The van der Waals surface area contributed by atoms with E-state index < -0.39 is 0 Å². The number of nitrogens with one attached hydrogen (secondary N) is 1. The number of rotatable bonds is 8. The number of nitrogens with zero attached hydrogens (tertiary/aromatic N) is 4. The Kier molecular flexibility index (Phi) is 6.27. The standard InChI is InChI=1S/C20H23N5O2/c1-15(19-24-22-14-25(19)12-3-13-27-2)23-20(26)18-6-4-16(5-7-18)17-8-10-21-11-9-17/h4-11,14-15H,3,12-13H2,1-2H3,(H,23,26). The number of carbonyl (C=O) groups is 1. The molecule has 0 bridgehead atoms. The molecule has 7 heteroatoms. The molecule has 1 unspecified atom stereocenters. The van der Waals surface area contributed by atoms with Crippen LogP contribution in [0.3, 0.4) is 0 Å². The van der Waals surface area contributed by atoms with Gasteiger partial charge in [-0.2, -0.15) is 0 Å². The van der Waals surface area contributed by atoms with Gasteiger partial charge in [0.2, 0.25) is 0 Å². The molecule has 0 saturated heterocycles. The van der Waals surface area contributed by atoms with Crippen molar-refractivity contribution in [3.8, 4) is 11.1 Å². The van der Waals surface area contributed by atoms with Gasteiger partial charge in [-0.3, -0.25) is 9.78 Å². The van der Waals surface area contributed by atoms with E-state index in [0.29, 0.717) is 12.2 Å². The van der Waals surface area contributed by atoms with Gasteiger partial charge in [0.25, 0.3) is 5.91 Å². The normalized spacial score (nSPS) is 11.9. The highest BCUT2D eigenvalue weighted by Crippen LogP contribution is 2.19. The van der Waals surface area contributed by atoms with Crippen molar-refractivity contribution >= 4 is 5.91 Å². The molecule has 0 saturated carbocycles. The Hall–Kier alpha value is -3.06. The van der Waals surface area contributed by atoms with Gasteiger partial charge < -0.3 is 14.6 Å². The van der Waals surface area contributed by atoms with Crippen molar-refractivity contribution in [2.75, 3.05) is 13.7 Å². The maximum Gasteiger partial charge on any atom is 0.251 e. The molecule has 1 N–H and O–H groups in total. The zero-order valence-corrected chi connectivity index (χ0v) is 15.5. The van der Waals surface area contributed by atoms with E-state index in [9.17, 15) is 4.79 Å². The zero-order chi connectivity index (χ0) is 19.1. The number of hydrogen-bond acceptors (Lipinski definition) is 5. The molecule has 0 fully saturated rings. The maximum absolute atomic E-state index is 12.6. The summed E-state index contributed by atoms with van der Waals surface area (Å²) in [5, 5.41) is 11.1. The number of aromatic nitrogens is 4. The van der Waals surface area contributed by atoms with Gasteiger partial charge >= 0.3 is 0 Å². The van der Waals surface area contributed by atoms with E-state index >= 15 is 0 Å². The molecule has 2 heterocycles. The monoisotopic (exact) mass is 365 g/mol. The Balaban J connectivity index is 1.64. The molecule has 0 spiro atoms. The van der Waals surface area contributed by atoms with Crippen molar-refractivity contribution < 1.29 is 9.53 Å². The lowest BCUT2D eigenvalue weighted by molar-refractivity contribution is 0.0937. The molecule has 7 nitrogen and oxygen atoms in total.